The predicted molar refractivity (Wildman–Crippen MR) is 120 cm³/mol. The van der Waals surface area contributed by atoms with E-state index >= 15 is 0 Å². The molecule has 3 heterocycles. The minimum atomic E-state index is -0.540. The van der Waals surface area contributed by atoms with Crippen molar-refractivity contribution >= 4 is 39.7 Å². The number of hydrogen-bond acceptors (Lipinski definition) is 8. The van der Waals surface area contributed by atoms with Crippen LogP contribution in [0.25, 0.3) is 22.1 Å². The Morgan fingerprint density at radius 1 is 1.26 bits per heavy atom. The molecular formula is C21H29N7O3. The number of imidazole rings is 1. The highest BCUT2D eigenvalue weighted by Crippen LogP contribution is 2.28. The Bertz CT molecular complexity index is 1110. The van der Waals surface area contributed by atoms with Crippen LogP contribution < -0.4 is 11.1 Å². The van der Waals surface area contributed by atoms with Gasteiger partial charge in [0, 0.05) is 19.3 Å². The number of nitrogens with two attached hydrogens (primary N) is 1. The number of rotatable bonds is 7. The Labute approximate surface area is 180 Å². The summed E-state index contributed by atoms with van der Waals surface area (Å²) in [6.07, 6.45) is 1.91. The predicted octanol–water partition coefficient (Wildman–Crippen LogP) is 3.39. The van der Waals surface area contributed by atoms with Gasteiger partial charge in [-0.05, 0) is 53.2 Å². The van der Waals surface area contributed by atoms with Gasteiger partial charge >= 0.3 is 6.09 Å². The number of fused-ring (bicyclic) bond motifs is 3. The molecule has 10 heteroatoms. The molecule has 0 aliphatic carbocycles. The molecule has 0 aliphatic rings. The number of aryl methyl sites for hydroxylation is 1. The van der Waals surface area contributed by atoms with Crippen molar-refractivity contribution in [2.24, 2.45) is 5.16 Å². The molecule has 0 unspecified atom stereocenters. The minimum Gasteiger partial charge on any atom is -0.444 e. The van der Waals surface area contributed by atoms with Gasteiger partial charge in [-0.1, -0.05) is 5.16 Å². The van der Waals surface area contributed by atoms with Gasteiger partial charge < -0.3 is 25.2 Å². The van der Waals surface area contributed by atoms with E-state index in [1.165, 1.54) is 0 Å². The van der Waals surface area contributed by atoms with Gasteiger partial charge in [-0.2, -0.15) is 0 Å². The number of carbonyl (C=O) groups excluding carboxylic acids is 1. The molecule has 0 radical (unpaired) electrons. The van der Waals surface area contributed by atoms with Gasteiger partial charge in [0.05, 0.1) is 11.2 Å². The number of carbonyl (C=O) groups is 1. The maximum atomic E-state index is 11.9. The number of hydrogen-bond donors (Lipinski definition) is 2. The number of nitrogens with one attached hydrogen (secondary N) is 1. The van der Waals surface area contributed by atoms with Crippen molar-refractivity contribution < 1.29 is 14.4 Å². The molecule has 10 nitrogen and oxygen atoms in total. The summed E-state index contributed by atoms with van der Waals surface area (Å²) in [4.78, 5) is 30.9. The van der Waals surface area contributed by atoms with Gasteiger partial charge in [-0.25, -0.2) is 14.8 Å². The molecule has 0 saturated heterocycles. The summed E-state index contributed by atoms with van der Waals surface area (Å²) >= 11 is 0. The lowest BCUT2D eigenvalue weighted by Crippen LogP contribution is -2.33. The van der Waals surface area contributed by atoms with Crippen molar-refractivity contribution in [3.8, 4) is 0 Å². The number of pyridine rings is 2. The summed E-state index contributed by atoms with van der Waals surface area (Å²) in [5.41, 5.74) is 9.20. The first-order chi connectivity index (χ1) is 14.7. The van der Waals surface area contributed by atoms with E-state index in [2.05, 4.69) is 25.4 Å². The first-order valence-electron chi connectivity index (χ1n) is 10.1. The molecule has 166 valence electrons. The fraction of sp³-hybridized carbons (Fsp3) is 0.476. The molecule has 1 amide bonds. The van der Waals surface area contributed by atoms with E-state index in [9.17, 15) is 4.79 Å². The molecule has 0 spiro atoms. The summed E-state index contributed by atoms with van der Waals surface area (Å²) in [7, 11) is 0. The van der Waals surface area contributed by atoms with Crippen molar-refractivity contribution in [3.63, 3.8) is 0 Å². The van der Waals surface area contributed by atoms with Crippen LogP contribution in [0.5, 0.6) is 0 Å². The molecule has 3 aromatic rings. The highest BCUT2D eigenvalue weighted by atomic mass is 16.6. The Morgan fingerprint density at radius 3 is 2.74 bits per heavy atom. The topological polar surface area (TPSA) is 130 Å². The van der Waals surface area contributed by atoms with Crippen LogP contribution in [0.2, 0.25) is 0 Å². The Balaban J connectivity index is 1.87. The molecule has 0 atom stereocenters. The number of oxime groups is 1. The summed E-state index contributed by atoms with van der Waals surface area (Å²) in [5, 5.41) is 6.77. The second kappa shape index (κ2) is 9.15. The lowest BCUT2D eigenvalue weighted by Gasteiger charge is -2.19. The molecule has 0 aliphatic heterocycles. The quantitative estimate of drug-likeness (QED) is 0.336. The lowest BCUT2D eigenvalue weighted by atomic mass is 10.2. The average Bonchev–Trinajstić information content (AvgIpc) is 3.03. The van der Waals surface area contributed by atoms with Crippen LogP contribution in [0.3, 0.4) is 0 Å². The minimum absolute atomic E-state index is 0.174. The molecule has 0 aromatic carbocycles. The first-order valence-corrected chi connectivity index (χ1v) is 10.1. The molecule has 3 N–H and O–H groups in total. The van der Waals surface area contributed by atoms with E-state index < -0.39 is 11.7 Å². The van der Waals surface area contributed by atoms with Crippen molar-refractivity contribution in [2.45, 2.75) is 59.8 Å². The van der Waals surface area contributed by atoms with E-state index in [0.717, 1.165) is 11.2 Å². The van der Waals surface area contributed by atoms with Gasteiger partial charge in [0.15, 0.2) is 18.2 Å². The number of amides is 1. The van der Waals surface area contributed by atoms with Gasteiger partial charge in [0.1, 0.15) is 22.2 Å². The third-order valence-electron chi connectivity index (χ3n) is 4.21. The van der Waals surface area contributed by atoms with Crippen LogP contribution in [0.1, 0.15) is 46.9 Å². The molecule has 0 saturated carbocycles. The van der Waals surface area contributed by atoms with Gasteiger partial charge in [-0.15, -0.1) is 0 Å². The van der Waals surface area contributed by atoms with Crippen molar-refractivity contribution in [1.82, 2.24) is 24.8 Å². The summed E-state index contributed by atoms with van der Waals surface area (Å²) in [5.74, 6) is 0.987. The first kappa shape index (κ1) is 22.3. The van der Waals surface area contributed by atoms with Crippen LogP contribution in [0, 0.1) is 0 Å². The van der Waals surface area contributed by atoms with Crippen molar-refractivity contribution in [3.05, 3.63) is 24.2 Å². The average molecular weight is 428 g/mol. The van der Waals surface area contributed by atoms with Crippen LogP contribution in [-0.2, 0) is 22.7 Å². The van der Waals surface area contributed by atoms with E-state index in [4.69, 9.17) is 15.3 Å². The molecular weight excluding hydrogens is 398 g/mol. The zero-order chi connectivity index (χ0) is 22.6. The summed E-state index contributed by atoms with van der Waals surface area (Å²) in [6.45, 7) is 10.4. The number of anilines is 1. The molecule has 3 aromatic heterocycles. The van der Waals surface area contributed by atoms with Gasteiger partial charge in [-0.3, -0.25) is 4.98 Å². The second-order valence-electron chi connectivity index (χ2n) is 8.34. The second-order valence-corrected chi connectivity index (χ2v) is 8.34. The van der Waals surface area contributed by atoms with Crippen molar-refractivity contribution in [1.29, 1.82) is 0 Å². The largest absolute Gasteiger partial charge is 0.444 e. The number of aromatic nitrogens is 4. The zero-order valence-electron chi connectivity index (χ0n) is 18.6. The van der Waals surface area contributed by atoms with Crippen LogP contribution in [0.15, 0.2) is 23.5 Å². The molecule has 0 bridgehead atoms. The number of nitrogens with zero attached hydrogens (tertiary/aromatic N) is 5. The number of alkyl carbamates (subject to hydrolysis) is 1. The van der Waals surface area contributed by atoms with Crippen LogP contribution in [-0.4, -0.2) is 43.5 Å². The maximum Gasteiger partial charge on any atom is 0.407 e. The molecule has 31 heavy (non-hydrogen) atoms. The summed E-state index contributed by atoms with van der Waals surface area (Å²) < 4.78 is 7.28. The maximum absolute atomic E-state index is 11.9. The van der Waals surface area contributed by atoms with Crippen LogP contribution in [0.4, 0.5) is 10.6 Å². The lowest BCUT2D eigenvalue weighted by molar-refractivity contribution is 0.0526. The van der Waals surface area contributed by atoms with Crippen molar-refractivity contribution in [2.75, 3.05) is 12.3 Å². The number of nitrogen functional groups attached to an aromatic ring is 1. The third-order valence-corrected chi connectivity index (χ3v) is 4.21. The Morgan fingerprint density at radius 2 is 2.03 bits per heavy atom. The third kappa shape index (κ3) is 5.59. The molecule has 3 rings (SSSR count). The summed E-state index contributed by atoms with van der Waals surface area (Å²) in [6, 6.07) is 3.68. The fourth-order valence-electron chi connectivity index (χ4n) is 3.08. The van der Waals surface area contributed by atoms with E-state index in [1.807, 2.05) is 51.3 Å². The van der Waals surface area contributed by atoms with Gasteiger partial charge in [0.2, 0.25) is 0 Å². The van der Waals surface area contributed by atoms with Gasteiger partial charge in [0.25, 0.3) is 0 Å². The number of ether oxygens (including phenoxy) is 1. The van der Waals surface area contributed by atoms with Crippen LogP contribution >= 0.6 is 0 Å². The highest BCUT2D eigenvalue weighted by Gasteiger charge is 2.19. The smallest absolute Gasteiger partial charge is 0.407 e. The zero-order valence-corrected chi connectivity index (χ0v) is 18.6. The monoisotopic (exact) mass is 427 g/mol. The highest BCUT2D eigenvalue weighted by molar-refractivity contribution is 6.04. The standard InChI is InChI=1S/C21H29N7O3/c1-13(2)27-30-12-15-26-17-18(16-14(25-19(17)22)8-6-9-23-16)28(15)11-7-10-24-20(29)31-21(3,4)5/h6,8-9H,7,10-12H2,1-5H3,(H2,22,25)(H,24,29). The SMILES string of the molecule is CC(C)=NOCc1nc2c(N)nc3cccnc3c2n1CCCNC(=O)OC(C)(C)C. The fourth-order valence-corrected chi connectivity index (χ4v) is 3.08. The van der Waals surface area contributed by atoms with E-state index in [0.29, 0.717) is 47.7 Å². The Kier molecular flexibility index (Phi) is 6.57. The van der Waals surface area contributed by atoms with E-state index in [-0.39, 0.29) is 6.61 Å². The normalized spacial score (nSPS) is 11.5. The Hall–Kier alpha value is -3.43. The molecule has 0 fully saturated rings. The van der Waals surface area contributed by atoms with E-state index in [1.54, 1.807) is 6.20 Å².